The van der Waals surface area contributed by atoms with Crippen molar-refractivity contribution in [2.45, 2.75) is 53.4 Å². The van der Waals surface area contributed by atoms with Crippen LogP contribution in [0.4, 0.5) is 0 Å². The van der Waals surface area contributed by atoms with Crippen molar-refractivity contribution in [3.8, 4) is 0 Å². The summed E-state index contributed by atoms with van der Waals surface area (Å²) < 4.78 is 40.0. The largest absolute Gasteiger partial charge is 0.472 e. The van der Waals surface area contributed by atoms with Crippen molar-refractivity contribution < 1.29 is 37.0 Å². The van der Waals surface area contributed by atoms with Crippen LogP contribution < -0.4 is 0 Å². The third-order valence-electron chi connectivity index (χ3n) is 1.83. The van der Waals surface area contributed by atoms with E-state index in [2.05, 4.69) is 18.1 Å². The van der Waals surface area contributed by atoms with E-state index in [4.69, 9.17) is 9.79 Å². The molecule has 0 radical (unpaired) electrons. The molecule has 2 N–H and O–H groups in total. The highest BCUT2D eigenvalue weighted by molar-refractivity contribution is 7.47. The third kappa shape index (κ3) is 18.3. The second-order valence-corrected chi connectivity index (χ2v) is 7.18. The van der Waals surface area contributed by atoms with Crippen molar-refractivity contribution in [1.29, 1.82) is 0 Å². The average molecular weight is 364 g/mol. The van der Waals surface area contributed by atoms with Gasteiger partial charge in [-0.05, 0) is 25.7 Å². The SMILES string of the molecule is CCCOP(=O)(O)OCCC.CCCOP(=O)(O)OCCC. The molecule has 136 valence electrons. The van der Waals surface area contributed by atoms with Gasteiger partial charge in [-0.3, -0.25) is 18.1 Å². The minimum atomic E-state index is -3.73. The van der Waals surface area contributed by atoms with E-state index in [9.17, 15) is 9.13 Å². The Hall–Kier alpha value is 0.220. The van der Waals surface area contributed by atoms with Crippen molar-refractivity contribution >= 4 is 15.6 Å². The van der Waals surface area contributed by atoms with E-state index < -0.39 is 15.6 Å². The molecular weight excluding hydrogens is 334 g/mol. The fourth-order valence-corrected chi connectivity index (χ4v) is 2.70. The number of phosphoric acid groups is 2. The maximum atomic E-state index is 10.8. The predicted molar refractivity (Wildman–Crippen MR) is 84.6 cm³/mol. The van der Waals surface area contributed by atoms with E-state index >= 15 is 0 Å². The highest BCUT2D eigenvalue weighted by Crippen LogP contribution is 2.43. The van der Waals surface area contributed by atoms with Crippen LogP contribution in [0, 0.1) is 0 Å². The van der Waals surface area contributed by atoms with Crippen LogP contribution in [0.1, 0.15) is 53.4 Å². The highest BCUT2D eigenvalue weighted by atomic mass is 31.2. The zero-order valence-electron chi connectivity index (χ0n) is 13.9. The maximum Gasteiger partial charge on any atom is 0.472 e. The van der Waals surface area contributed by atoms with E-state index in [0.29, 0.717) is 25.7 Å². The summed E-state index contributed by atoms with van der Waals surface area (Å²) in [6, 6.07) is 0. The van der Waals surface area contributed by atoms with Gasteiger partial charge in [0.25, 0.3) is 0 Å². The summed E-state index contributed by atoms with van der Waals surface area (Å²) in [6.07, 6.45) is 2.83. The Labute approximate surface area is 133 Å². The summed E-state index contributed by atoms with van der Waals surface area (Å²) in [5, 5.41) is 0. The fourth-order valence-electron chi connectivity index (χ4n) is 0.901. The molecule has 0 bridgehead atoms. The molecule has 0 aliphatic carbocycles. The summed E-state index contributed by atoms with van der Waals surface area (Å²) in [6.45, 7) is 8.49. The Kier molecular flexibility index (Phi) is 16.5. The van der Waals surface area contributed by atoms with Gasteiger partial charge in [-0.1, -0.05) is 27.7 Å². The Morgan fingerprint density at radius 2 is 0.773 bits per heavy atom. The lowest BCUT2D eigenvalue weighted by atomic mass is 10.5. The zero-order valence-corrected chi connectivity index (χ0v) is 15.7. The van der Waals surface area contributed by atoms with Crippen molar-refractivity contribution in [3.05, 3.63) is 0 Å². The van der Waals surface area contributed by atoms with Gasteiger partial charge in [0.15, 0.2) is 0 Å². The number of hydrogen-bond acceptors (Lipinski definition) is 6. The number of hydrogen-bond donors (Lipinski definition) is 2. The van der Waals surface area contributed by atoms with Crippen LogP contribution in [0.15, 0.2) is 0 Å². The molecule has 0 amide bonds. The number of phosphoric ester groups is 2. The van der Waals surface area contributed by atoms with Gasteiger partial charge < -0.3 is 9.79 Å². The summed E-state index contributed by atoms with van der Waals surface area (Å²) >= 11 is 0. The van der Waals surface area contributed by atoms with Crippen LogP contribution in [0.5, 0.6) is 0 Å². The van der Waals surface area contributed by atoms with Crippen molar-refractivity contribution in [3.63, 3.8) is 0 Å². The van der Waals surface area contributed by atoms with Crippen molar-refractivity contribution in [2.24, 2.45) is 0 Å². The lowest BCUT2D eigenvalue weighted by molar-refractivity contribution is 0.148. The van der Waals surface area contributed by atoms with Gasteiger partial charge in [0.2, 0.25) is 0 Å². The fraction of sp³-hybridized carbons (Fsp3) is 1.00. The second-order valence-electron chi connectivity index (χ2n) is 4.27. The first kappa shape index (κ1) is 24.5. The number of rotatable bonds is 12. The maximum absolute atomic E-state index is 10.8. The monoisotopic (exact) mass is 364 g/mol. The van der Waals surface area contributed by atoms with E-state index in [-0.39, 0.29) is 26.4 Å². The van der Waals surface area contributed by atoms with Crippen LogP contribution in [-0.4, -0.2) is 36.2 Å². The van der Waals surface area contributed by atoms with Gasteiger partial charge in [-0.25, -0.2) is 9.13 Å². The molecule has 0 aliphatic heterocycles. The van der Waals surface area contributed by atoms with Gasteiger partial charge >= 0.3 is 15.6 Å². The molecule has 0 aliphatic rings. The summed E-state index contributed by atoms with van der Waals surface area (Å²) in [7, 11) is -7.45. The van der Waals surface area contributed by atoms with Crippen molar-refractivity contribution in [2.75, 3.05) is 26.4 Å². The minimum absolute atomic E-state index is 0.261. The Morgan fingerprint density at radius 3 is 0.909 bits per heavy atom. The van der Waals surface area contributed by atoms with Gasteiger partial charge in [0.1, 0.15) is 0 Å². The zero-order chi connectivity index (χ0) is 17.5. The Bertz CT molecular complexity index is 281. The van der Waals surface area contributed by atoms with Crippen LogP contribution in [-0.2, 0) is 27.2 Å². The highest BCUT2D eigenvalue weighted by Gasteiger charge is 2.19. The first-order valence-corrected chi connectivity index (χ1v) is 10.5. The molecule has 0 atom stereocenters. The normalized spacial score (nSPS) is 11.9. The second kappa shape index (κ2) is 14.8. The van der Waals surface area contributed by atoms with Gasteiger partial charge in [0, 0.05) is 0 Å². The lowest BCUT2D eigenvalue weighted by Crippen LogP contribution is -1.96. The predicted octanol–water partition coefficient (Wildman–Crippen LogP) is 3.88. The quantitative estimate of drug-likeness (QED) is 0.502. The summed E-state index contributed by atoms with van der Waals surface area (Å²) in [5.74, 6) is 0. The van der Waals surface area contributed by atoms with Crippen LogP contribution in [0.2, 0.25) is 0 Å². The van der Waals surface area contributed by atoms with Gasteiger partial charge in [-0.2, -0.15) is 0 Å². The standard InChI is InChI=1S/2C6H15O4P/c2*1-3-5-9-11(7,8)10-6-4-2/h2*3-6H2,1-2H3,(H,7,8). The van der Waals surface area contributed by atoms with E-state index in [1.807, 2.05) is 27.7 Å². The summed E-state index contributed by atoms with van der Waals surface area (Å²) in [5.41, 5.74) is 0. The molecule has 0 aromatic carbocycles. The van der Waals surface area contributed by atoms with Crippen LogP contribution >= 0.6 is 15.6 Å². The van der Waals surface area contributed by atoms with E-state index in [0.717, 1.165) is 0 Å². The summed E-state index contributed by atoms with van der Waals surface area (Å²) in [4.78, 5) is 17.8. The average Bonchev–Trinajstić information content (AvgIpc) is 2.48. The Balaban J connectivity index is 0. The molecule has 0 heterocycles. The molecule has 0 saturated carbocycles. The minimum Gasteiger partial charge on any atom is -0.302 e. The molecule has 0 fully saturated rings. The molecule has 0 unspecified atom stereocenters. The third-order valence-corrected chi connectivity index (χ3v) is 3.87. The van der Waals surface area contributed by atoms with Crippen molar-refractivity contribution in [1.82, 2.24) is 0 Å². The van der Waals surface area contributed by atoms with E-state index in [1.54, 1.807) is 0 Å². The smallest absolute Gasteiger partial charge is 0.302 e. The first-order chi connectivity index (χ1) is 10.2. The van der Waals surface area contributed by atoms with Gasteiger partial charge in [0.05, 0.1) is 26.4 Å². The molecule has 0 spiro atoms. The van der Waals surface area contributed by atoms with Crippen LogP contribution in [0.3, 0.4) is 0 Å². The molecule has 0 saturated heterocycles. The van der Waals surface area contributed by atoms with Crippen LogP contribution in [0.25, 0.3) is 0 Å². The molecule has 22 heavy (non-hydrogen) atoms. The molecule has 8 nitrogen and oxygen atoms in total. The molecule has 0 rings (SSSR count). The van der Waals surface area contributed by atoms with E-state index in [1.165, 1.54) is 0 Å². The molecule has 0 aromatic heterocycles. The first-order valence-electron chi connectivity index (χ1n) is 7.48. The lowest BCUT2D eigenvalue weighted by Gasteiger charge is -2.09. The molecule has 10 heteroatoms. The Morgan fingerprint density at radius 1 is 0.591 bits per heavy atom. The molecule has 0 aromatic rings. The molecular formula is C12H30O8P2. The topological polar surface area (TPSA) is 112 Å². The van der Waals surface area contributed by atoms with Gasteiger partial charge in [-0.15, -0.1) is 0 Å².